The number of morpholine rings is 1. The maximum absolute atomic E-state index is 13.0. The molecule has 0 spiro atoms. The van der Waals surface area contributed by atoms with Gasteiger partial charge in [-0.1, -0.05) is 0 Å². The molecule has 2 saturated heterocycles. The Kier molecular flexibility index (Phi) is 5.19. The van der Waals surface area contributed by atoms with E-state index in [0.29, 0.717) is 44.0 Å². The van der Waals surface area contributed by atoms with Crippen molar-refractivity contribution >= 4 is 17.7 Å². The van der Waals surface area contributed by atoms with Crippen LogP contribution in [0.2, 0.25) is 0 Å². The van der Waals surface area contributed by atoms with Gasteiger partial charge in [0.05, 0.1) is 32.4 Å². The van der Waals surface area contributed by atoms with Crippen LogP contribution in [0.3, 0.4) is 0 Å². The average molecular weight is 375 g/mol. The molecule has 2 fully saturated rings. The van der Waals surface area contributed by atoms with Gasteiger partial charge in [-0.25, -0.2) is 4.98 Å². The van der Waals surface area contributed by atoms with Crippen molar-refractivity contribution in [2.75, 3.05) is 56.4 Å². The molecule has 4 heterocycles. The van der Waals surface area contributed by atoms with Gasteiger partial charge in [-0.05, 0) is 26.7 Å². The van der Waals surface area contributed by atoms with E-state index in [4.69, 9.17) is 19.4 Å². The Hall–Kier alpha value is -1.93. The zero-order chi connectivity index (χ0) is 19.0. The summed E-state index contributed by atoms with van der Waals surface area (Å²) in [6.45, 7) is 9.12. The second-order valence-corrected chi connectivity index (χ2v) is 7.75. The second-order valence-electron chi connectivity index (χ2n) is 7.75. The lowest BCUT2D eigenvalue weighted by Gasteiger charge is -2.30. The maximum Gasteiger partial charge on any atom is 0.273 e. The first-order valence-corrected chi connectivity index (χ1v) is 9.90. The second kappa shape index (κ2) is 7.59. The van der Waals surface area contributed by atoms with Crippen LogP contribution < -0.4 is 9.80 Å². The van der Waals surface area contributed by atoms with Crippen LogP contribution in [0, 0.1) is 0 Å². The van der Waals surface area contributed by atoms with Crippen LogP contribution in [0.5, 0.6) is 0 Å². The van der Waals surface area contributed by atoms with Gasteiger partial charge in [0.15, 0.2) is 0 Å². The number of aromatic nitrogens is 2. The monoisotopic (exact) mass is 375 g/mol. The first kappa shape index (κ1) is 18.4. The van der Waals surface area contributed by atoms with Crippen molar-refractivity contribution in [1.82, 2.24) is 14.9 Å². The van der Waals surface area contributed by atoms with Gasteiger partial charge in [0.25, 0.3) is 5.91 Å². The van der Waals surface area contributed by atoms with Crippen molar-refractivity contribution < 1.29 is 14.3 Å². The molecule has 1 atom stereocenters. The summed E-state index contributed by atoms with van der Waals surface area (Å²) in [6.07, 6.45) is 2.20. The molecular weight excluding hydrogens is 346 g/mol. The van der Waals surface area contributed by atoms with E-state index in [1.165, 1.54) is 0 Å². The van der Waals surface area contributed by atoms with Crippen molar-refractivity contribution in [3.8, 4) is 0 Å². The van der Waals surface area contributed by atoms with Gasteiger partial charge in [0.1, 0.15) is 11.5 Å². The molecule has 0 aliphatic carbocycles. The van der Waals surface area contributed by atoms with E-state index in [0.717, 1.165) is 43.9 Å². The van der Waals surface area contributed by atoms with E-state index in [2.05, 4.69) is 9.80 Å². The summed E-state index contributed by atoms with van der Waals surface area (Å²) >= 11 is 0. The number of carbonyl (C=O) groups is 1. The van der Waals surface area contributed by atoms with Gasteiger partial charge >= 0.3 is 0 Å². The smallest absolute Gasteiger partial charge is 0.273 e. The van der Waals surface area contributed by atoms with Gasteiger partial charge in [-0.2, -0.15) is 4.98 Å². The summed E-state index contributed by atoms with van der Waals surface area (Å²) in [5.74, 6) is 1.58. The molecule has 27 heavy (non-hydrogen) atoms. The number of anilines is 2. The molecule has 0 bridgehead atoms. The van der Waals surface area contributed by atoms with Crippen molar-refractivity contribution in [3.05, 3.63) is 11.3 Å². The Bertz CT molecular complexity index is 705. The number of carbonyl (C=O) groups excluding carboxylic acids is 1. The van der Waals surface area contributed by atoms with Crippen molar-refractivity contribution in [3.63, 3.8) is 0 Å². The number of methoxy groups -OCH3 is 1. The summed E-state index contributed by atoms with van der Waals surface area (Å²) in [5.41, 5.74) is 1.53. The zero-order valence-electron chi connectivity index (χ0n) is 16.5. The Morgan fingerprint density at radius 1 is 1.22 bits per heavy atom. The maximum atomic E-state index is 13.0. The number of fused-ring (bicyclic) bond motifs is 1. The lowest BCUT2D eigenvalue weighted by molar-refractivity contribution is 0.0726. The SMILES string of the molecule is COCC1CCCN1c1nc(N2CCOCC2)nc2c1CN(C(C)C)C2=O. The third-order valence-corrected chi connectivity index (χ3v) is 5.69. The highest BCUT2D eigenvalue weighted by Gasteiger charge is 2.38. The fraction of sp³-hybridized carbons (Fsp3) is 0.737. The summed E-state index contributed by atoms with van der Waals surface area (Å²) in [5, 5.41) is 0. The Morgan fingerprint density at radius 3 is 2.70 bits per heavy atom. The molecule has 148 valence electrons. The number of rotatable bonds is 5. The number of ether oxygens (including phenoxy) is 2. The number of nitrogens with zero attached hydrogens (tertiary/aromatic N) is 5. The molecule has 0 saturated carbocycles. The molecule has 1 aromatic heterocycles. The number of amides is 1. The van der Waals surface area contributed by atoms with E-state index in [1.807, 2.05) is 18.7 Å². The molecule has 4 rings (SSSR count). The van der Waals surface area contributed by atoms with Crippen LogP contribution in [0.25, 0.3) is 0 Å². The molecule has 0 aromatic carbocycles. The van der Waals surface area contributed by atoms with Crippen molar-refractivity contribution in [1.29, 1.82) is 0 Å². The molecule has 3 aliphatic heterocycles. The van der Waals surface area contributed by atoms with Gasteiger partial charge < -0.3 is 24.2 Å². The van der Waals surface area contributed by atoms with Gasteiger partial charge in [-0.15, -0.1) is 0 Å². The fourth-order valence-electron chi connectivity index (χ4n) is 4.20. The highest BCUT2D eigenvalue weighted by Crippen LogP contribution is 2.35. The third kappa shape index (κ3) is 3.36. The standard InChI is InChI=1S/C19H29N5O3/c1-13(2)24-11-15-16(18(24)25)20-19(22-7-9-27-10-8-22)21-17(15)23-6-4-5-14(23)12-26-3/h13-14H,4-12H2,1-3H3. The van der Waals surface area contributed by atoms with E-state index in [-0.39, 0.29) is 11.9 Å². The van der Waals surface area contributed by atoms with Crippen molar-refractivity contribution in [2.24, 2.45) is 0 Å². The van der Waals surface area contributed by atoms with E-state index < -0.39 is 0 Å². The van der Waals surface area contributed by atoms with Crippen LogP contribution in [-0.4, -0.2) is 79.4 Å². The van der Waals surface area contributed by atoms with Gasteiger partial charge in [0, 0.05) is 38.3 Å². The van der Waals surface area contributed by atoms with Crippen LogP contribution >= 0.6 is 0 Å². The highest BCUT2D eigenvalue weighted by molar-refractivity contribution is 5.98. The zero-order valence-corrected chi connectivity index (χ0v) is 16.5. The lowest BCUT2D eigenvalue weighted by Crippen LogP contribution is -2.39. The topological polar surface area (TPSA) is 71.0 Å². The van der Waals surface area contributed by atoms with E-state index in [1.54, 1.807) is 7.11 Å². The van der Waals surface area contributed by atoms with Crippen molar-refractivity contribution in [2.45, 2.75) is 45.3 Å². The van der Waals surface area contributed by atoms with Crippen LogP contribution in [0.15, 0.2) is 0 Å². The predicted molar refractivity (Wildman–Crippen MR) is 102 cm³/mol. The Labute approximate surface area is 160 Å². The third-order valence-electron chi connectivity index (χ3n) is 5.69. The summed E-state index contributed by atoms with van der Waals surface area (Å²) in [6, 6.07) is 0.439. The minimum atomic E-state index is 0.0145. The molecular formula is C19H29N5O3. The van der Waals surface area contributed by atoms with Crippen LogP contribution in [0.1, 0.15) is 42.7 Å². The number of hydrogen-bond donors (Lipinski definition) is 0. The van der Waals surface area contributed by atoms with E-state index in [9.17, 15) is 4.79 Å². The quantitative estimate of drug-likeness (QED) is 0.768. The predicted octanol–water partition coefficient (Wildman–Crippen LogP) is 1.29. The first-order valence-electron chi connectivity index (χ1n) is 9.90. The fourth-order valence-corrected chi connectivity index (χ4v) is 4.20. The Morgan fingerprint density at radius 2 is 2.00 bits per heavy atom. The van der Waals surface area contributed by atoms with Crippen LogP contribution in [0.4, 0.5) is 11.8 Å². The lowest BCUT2D eigenvalue weighted by atomic mass is 10.2. The Balaban J connectivity index is 1.76. The minimum absolute atomic E-state index is 0.0145. The molecule has 0 N–H and O–H groups in total. The summed E-state index contributed by atoms with van der Waals surface area (Å²) in [4.78, 5) is 29.0. The van der Waals surface area contributed by atoms with Gasteiger partial charge in [0.2, 0.25) is 5.95 Å². The molecule has 3 aliphatic rings. The molecule has 1 unspecified atom stereocenters. The molecule has 8 nitrogen and oxygen atoms in total. The molecule has 0 radical (unpaired) electrons. The highest BCUT2D eigenvalue weighted by atomic mass is 16.5. The summed E-state index contributed by atoms with van der Waals surface area (Å²) in [7, 11) is 1.74. The first-order chi connectivity index (χ1) is 13.1. The molecule has 8 heteroatoms. The van der Waals surface area contributed by atoms with Gasteiger partial charge in [-0.3, -0.25) is 4.79 Å². The molecule has 1 amide bonds. The van der Waals surface area contributed by atoms with Crippen LogP contribution in [-0.2, 0) is 16.0 Å². The normalized spacial score (nSPS) is 22.9. The van der Waals surface area contributed by atoms with E-state index >= 15 is 0 Å². The largest absolute Gasteiger partial charge is 0.383 e. The minimum Gasteiger partial charge on any atom is -0.383 e. The summed E-state index contributed by atoms with van der Waals surface area (Å²) < 4.78 is 10.9. The average Bonchev–Trinajstić information content (AvgIpc) is 3.27. The molecule has 1 aromatic rings. The number of hydrogen-bond acceptors (Lipinski definition) is 7.